The van der Waals surface area contributed by atoms with Gasteiger partial charge in [0.15, 0.2) is 0 Å². The first-order valence-electron chi connectivity index (χ1n) is 7.62. The average molecular weight is 308 g/mol. The summed E-state index contributed by atoms with van der Waals surface area (Å²) in [6, 6.07) is -0.282. The maximum atomic E-state index is 12.0. The molecule has 2 rings (SSSR count). The fourth-order valence-electron chi connectivity index (χ4n) is 3.26. The number of carbonyl (C=O) groups excluding carboxylic acids is 1. The van der Waals surface area contributed by atoms with Gasteiger partial charge in [-0.3, -0.25) is 9.97 Å². The van der Waals surface area contributed by atoms with Gasteiger partial charge >= 0.3 is 17.1 Å². The van der Waals surface area contributed by atoms with Crippen molar-refractivity contribution >= 4 is 6.08 Å². The summed E-state index contributed by atoms with van der Waals surface area (Å²) in [6.07, 6.45) is 7.84. The zero-order valence-electron chi connectivity index (χ0n) is 12.3. The fourth-order valence-corrected chi connectivity index (χ4v) is 3.26. The van der Waals surface area contributed by atoms with Crippen molar-refractivity contribution in [3.63, 3.8) is 0 Å². The fraction of sp³-hybridized carbons (Fsp3) is 0.714. The van der Waals surface area contributed by atoms with Crippen LogP contribution in [0.2, 0.25) is 0 Å². The summed E-state index contributed by atoms with van der Waals surface area (Å²) >= 11 is 0. The van der Waals surface area contributed by atoms with Gasteiger partial charge in [-0.05, 0) is 31.6 Å². The van der Waals surface area contributed by atoms with Crippen molar-refractivity contribution in [2.75, 3.05) is 6.54 Å². The molecule has 1 aliphatic rings. The summed E-state index contributed by atoms with van der Waals surface area (Å²) in [5, 5.41) is 0. The topological polar surface area (TPSA) is 117 Å². The van der Waals surface area contributed by atoms with Crippen LogP contribution >= 0.6 is 0 Å². The summed E-state index contributed by atoms with van der Waals surface area (Å²) in [4.78, 5) is 53.1. The number of aliphatic imine (C=N–C) groups is 1. The number of H-pyrrole nitrogens is 2. The van der Waals surface area contributed by atoms with E-state index in [1.807, 2.05) is 0 Å². The highest BCUT2D eigenvalue weighted by Crippen LogP contribution is 2.34. The Bertz CT molecular complexity index is 670. The van der Waals surface area contributed by atoms with E-state index in [4.69, 9.17) is 0 Å². The van der Waals surface area contributed by atoms with Crippen LogP contribution in [0.5, 0.6) is 0 Å². The van der Waals surface area contributed by atoms with Crippen LogP contribution < -0.4 is 17.1 Å². The average Bonchev–Trinajstić information content (AvgIpc) is 2.49. The Kier molecular flexibility index (Phi) is 5.66. The highest BCUT2D eigenvalue weighted by molar-refractivity contribution is 5.32. The van der Waals surface area contributed by atoms with Gasteiger partial charge in [0.1, 0.15) is 0 Å². The summed E-state index contributed by atoms with van der Waals surface area (Å²) in [5.74, 6) is 0.221. The predicted octanol–water partition coefficient (Wildman–Crippen LogP) is 0.462. The molecule has 1 aliphatic carbocycles. The van der Waals surface area contributed by atoms with Gasteiger partial charge in [0.05, 0.1) is 6.54 Å². The minimum atomic E-state index is -0.792. The van der Waals surface area contributed by atoms with E-state index in [-0.39, 0.29) is 12.0 Å². The lowest BCUT2D eigenvalue weighted by Gasteiger charge is -2.30. The minimum Gasteiger partial charge on any atom is -0.259 e. The molecule has 0 aliphatic heterocycles. The maximum Gasteiger partial charge on any atom is 0.333 e. The number of isocyanates is 1. The molecular formula is C14H20N4O4. The summed E-state index contributed by atoms with van der Waals surface area (Å²) in [6.45, 7) is 0.322. The molecule has 1 heterocycles. The van der Waals surface area contributed by atoms with E-state index in [1.165, 1.54) is 6.08 Å². The van der Waals surface area contributed by atoms with Gasteiger partial charge in [-0.1, -0.05) is 19.3 Å². The number of nitrogens with one attached hydrogen (secondary N) is 2. The maximum absolute atomic E-state index is 12.0. The molecule has 1 aromatic rings. The van der Waals surface area contributed by atoms with Gasteiger partial charge in [0.25, 0.3) is 0 Å². The van der Waals surface area contributed by atoms with Gasteiger partial charge in [0, 0.05) is 6.04 Å². The van der Waals surface area contributed by atoms with Crippen molar-refractivity contribution in [2.24, 2.45) is 10.9 Å². The van der Waals surface area contributed by atoms with E-state index in [9.17, 15) is 19.2 Å². The molecule has 8 nitrogen and oxygen atoms in total. The minimum absolute atomic E-state index is 0.221. The molecule has 0 aromatic carbocycles. The van der Waals surface area contributed by atoms with Gasteiger partial charge in [-0.25, -0.2) is 28.7 Å². The Hall–Kier alpha value is -2.21. The lowest BCUT2D eigenvalue weighted by molar-refractivity contribution is 0.223. The Labute approximate surface area is 126 Å². The van der Waals surface area contributed by atoms with E-state index >= 15 is 0 Å². The largest absolute Gasteiger partial charge is 0.333 e. The van der Waals surface area contributed by atoms with Crippen LogP contribution in [0.15, 0.2) is 19.4 Å². The molecule has 0 saturated heterocycles. The van der Waals surface area contributed by atoms with Crippen LogP contribution in [-0.2, 0) is 4.79 Å². The highest BCUT2D eigenvalue weighted by atomic mass is 16.2. The molecule has 1 saturated carbocycles. The summed E-state index contributed by atoms with van der Waals surface area (Å²) in [5.41, 5.74) is -2.15. The van der Waals surface area contributed by atoms with E-state index in [0.717, 1.165) is 36.7 Å². The number of rotatable bonds is 6. The molecule has 1 fully saturated rings. The van der Waals surface area contributed by atoms with Gasteiger partial charge < -0.3 is 0 Å². The summed E-state index contributed by atoms with van der Waals surface area (Å²) in [7, 11) is 0. The van der Waals surface area contributed by atoms with Gasteiger partial charge in [-0.2, -0.15) is 0 Å². The van der Waals surface area contributed by atoms with Crippen molar-refractivity contribution in [3.8, 4) is 0 Å². The number of aromatic nitrogens is 3. The smallest absolute Gasteiger partial charge is 0.259 e. The van der Waals surface area contributed by atoms with Crippen molar-refractivity contribution in [3.05, 3.63) is 31.5 Å². The Morgan fingerprint density at radius 2 is 1.77 bits per heavy atom. The lowest BCUT2D eigenvalue weighted by Crippen LogP contribution is -2.47. The molecule has 0 radical (unpaired) electrons. The highest BCUT2D eigenvalue weighted by Gasteiger charge is 2.27. The second-order valence-corrected chi connectivity index (χ2v) is 5.64. The summed E-state index contributed by atoms with van der Waals surface area (Å²) < 4.78 is 1.11. The molecule has 0 spiro atoms. The van der Waals surface area contributed by atoms with E-state index in [2.05, 4.69) is 15.0 Å². The normalized spacial score (nSPS) is 16.9. The molecule has 1 unspecified atom stereocenters. The van der Waals surface area contributed by atoms with E-state index in [1.54, 1.807) is 0 Å². The molecule has 0 bridgehead atoms. The number of hydrogen-bond acceptors (Lipinski definition) is 5. The van der Waals surface area contributed by atoms with Crippen LogP contribution in [0.3, 0.4) is 0 Å². The van der Waals surface area contributed by atoms with Crippen molar-refractivity contribution in [1.29, 1.82) is 0 Å². The Balaban J connectivity index is 2.30. The van der Waals surface area contributed by atoms with Crippen LogP contribution in [0, 0.1) is 5.92 Å². The molecular weight excluding hydrogens is 288 g/mol. The molecule has 1 atom stereocenters. The Morgan fingerprint density at radius 3 is 2.36 bits per heavy atom. The van der Waals surface area contributed by atoms with Crippen molar-refractivity contribution in [2.45, 2.75) is 51.0 Å². The second kappa shape index (κ2) is 7.70. The van der Waals surface area contributed by atoms with Crippen molar-refractivity contribution in [1.82, 2.24) is 14.5 Å². The first-order chi connectivity index (χ1) is 10.6. The molecule has 22 heavy (non-hydrogen) atoms. The van der Waals surface area contributed by atoms with Crippen LogP contribution in [0.1, 0.15) is 51.0 Å². The number of hydrogen-bond donors (Lipinski definition) is 2. The SMILES string of the molecule is O=C=NCCCC(C1CCCCC1)n1c(=O)[nH]c(=O)[nH]c1=O. The molecule has 2 N–H and O–H groups in total. The third-order valence-corrected chi connectivity index (χ3v) is 4.24. The molecule has 1 aromatic heterocycles. The van der Waals surface area contributed by atoms with E-state index in [0.29, 0.717) is 19.4 Å². The standard InChI is InChI=1S/C14H20N4O4/c19-9-15-8-4-7-11(10-5-2-1-3-6-10)18-13(21)16-12(20)17-14(18)22/h10-11H,1-8H2,(H2,16,17,20,21,22). The molecule has 0 amide bonds. The van der Waals surface area contributed by atoms with Crippen molar-refractivity contribution < 1.29 is 4.79 Å². The number of aromatic amines is 2. The zero-order valence-corrected chi connectivity index (χ0v) is 12.3. The van der Waals surface area contributed by atoms with Crippen LogP contribution in [0.25, 0.3) is 0 Å². The zero-order chi connectivity index (χ0) is 15.9. The monoisotopic (exact) mass is 308 g/mol. The quantitative estimate of drug-likeness (QED) is 0.451. The van der Waals surface area contributed by atoms with Gasteiger partial charge in [-0.15, -0.1) is 0 Å². The lowest BCUT2D eigenvalue weighted by atomic mass is 9.82. The first-order valence-corrected chi connectivity index (χ1v) is 7.62. The first kappa shape index (κ1) is 16.2. The number of nitrogens with zero attached hydrogens (tertiary/aromatic N) is 2. The molecule has 120 valence electrons. The molecule has 8 heteroatoms. The van der Waals surface area contributed by atoms with Crippen LogP contribution in [0.4, 0.5) is 0 Å². The Morgan fingerprint density at radius 1 is 1.14 bits per heavy atom. The third kappa shape index (κ3) is 3.92. The van der Waals surface area contributed by atoms with Gasteiger partial charge in [0.2, 0.25) is 6.08 Å². The third-order valence-electron chi connectivity index (χ3n) is 4.24. The predicted molar refractivity (Wildman–Crippen MR) is 79.8 cm³/mol. The second-order valence-electron chi connectivity index (χ2n) is 5.64. The van der Waals surface area contributed by atoms with Crippen LogP contribution in [-0.4, -0.2) is 27.2 Å². The van der Waals surface area contributed by atoms with E-state index < -0.39 is 17.1 Å².